The number of pyridine rings is 1. The average molecular weight is 553 g/mol. The first-order valence-corrected chi connectivity index (χ1v) is 13.4. The van der Waals surface area contributed by atoms with Crippen molar-refractivity contribution in [3.05, 3.63) is 58.7 Å². The molecule has 1 atom stereocenters. The minimum absolute atomic E-state index is 0.118. The Bertz CT molecular complexity index is 1270. The van der Waals surface area contributed by atoms with Gasteiger partial charge in [0.15, 0.2) is 17.6 Å². The van der Waals surface area contributed by atoms with Gasteiger partial charge in [-0.2, -0.15) is 0 Å². The van der Waals surface area contributed by atoms with Crippen molar-refractivity contribution in [3.63, 3.8) is 0 Å². The molecule has 3 aliphatic heterocycles. The molecule has 1 aromatic heterocycles. The fourth-order valence-electron chi connectivity index (χ4n) is 4.39. The van der Waals surface area contributed by atoms with E-state index in [-0.39, 0.29) is 17.2 Å². The maximum Gasteiger partial charge on any atom is 0.322 e. The Balaban J connectivity index is 0.000000234. The smallest absolute Gasteiger partial charge is 0.322 e. The molecule has 0 saturated carbocycles. The molecule has 11 heteroatoms. The number of ether oxygens (including phenoxy) is 1. The maximum atomic E-state index is 13.6. The lowest BCUT2D eigenvalue weighted by Crippen LogP contribution is -2.45. The van der Waals surface area contributed by atoms with Gasteiger partial charge in [0.05, 0.1) is 18.4 Å². The predicted octanol–water partition coefficient (Wildman–Crippen LogP) is 2.22. The van der Waals surface area contributed by atoms with Crippen LogP contribution < -0.4 is 15.4 Å². The van der Waals surface area contributed by atoms with Crippen LogP contribution in [0, 0.1) is 17.7 Å². The van der Waals surface area contributed by atoms with Gasteiger partial charge in [0.1, 0.15) is 0 Å². The number of carbonyl (C=O) groups excluding carboxylic acids is 3. The number of nitrogens with one attached hydrogen (secondary N) is 2. The van der Waals surface area contributed by atoms with E-state index in [1.807, 2.05) is 26.0 Å². The first-order valence-electron chi connectivity index (χ1n) is 13.4. The summed E-state index contributed by atoms with van der Waals surface area (Å²) in [5, 5.41) is 4.59. The number of hydrogen-bond acceptors (Lipinski definition) is 7. The van der Waals surface area contributed by atoms with E-state index >= 15 is 0 Å². The van der Waals surface area contributed by atoms with Crippen LogP contribution in [0.15, 0.2) is 30.5 Å². The van der Waals surface area contributed by atoms with Crippen molar-refractivity contribution in [1.82, 2.24) is 30.3 Å². The van der Waals surface area contributed by atoms with Crippen LogP contribution in [-0.2, 0) is 17.9 Å². The van der Waals surface area contributed by atoms with Gasteiger partial charge in [0.25, 0.3) is 11.8 Å². The van der Waals surface area contributed by atoms with Crippen LogP contribution in [-0.4, -0.2) is 90.5 Å². The van der Waals surface area contributed by atoms with E-state index in [0.717, 1.165) is 56.1 Å². The monoisotopic (exact) mass is 552 g/mol. The summed E-state index contributed by atoms with van der Waals surface area (Å²) >= 11 is 0. The third kappa shape index (κ3) is 7.55. The van der Waals surface area contributed by atoms with Crippen LogP contribution in [0.1, 0.15) is 48.0 Å². The number of amides is 4. The molecule has 2 N–H and O–H groups in total. The van der Waals surface area contributed by atoms with E-state index in [1.54, 1.807) is 25.4 Å². The SMILES string of the molecule is CC.CCN1CCN(Cc2ccc(C#CC3NC(=O)NC3=O)cn2)CC1.COc1ccc2c(c1F)C(=O)N(C)C2. The van der Waals surface area contributed by atoms with Gasteiger partial charge in [0, 0.05) is 58.1 Å². The highest BCUT2D eigenvalue weighted by Crippen LogP contribution is 2.29. The molecule has 1 unspecified atom stereocenters. The highest BCUT2D eigenvalue weighted by Gasteiger charge is 2.30. The van der Waals surface area contributed by atoms with Crippen molar-refractivity contribution < 1.29 is 23.5 Å². The second kappa shape index (κ2) is 14.4. The number of methoxy groups -OCH3 is 1. The summed E-state index contributed by atoms with van der Waals surface area (Å²) in [6.07, 6.45) is 1.71. The first kappa shape index (κ1) is 30.5. The summed E-state index contributed by atoms with van der Waals surface area (Å²) in [6, 6.07) is 5.83. The molecule has 3 aliphatic rings. The van der Waals surface area contributed by atoms with E-state index in [9.17, 15) is 18.8 Å². The minimum Gasteiger partial charge on any atom is -0.494 e. The molecule has 0 radical (unpaired) electrons. The minimum atomic E-state index is -0.785. The molecule has 10 nitrogen and oxygen atoms in total. The van der Waals surface area contributed by atoms with E-state index in [0.29, 0.717) is 6.54 Å². The normalized spacial score (nSPS) is 18.3. The number of rotatable bonds is 4. The summed E-state index contributed by atoms with van der Waals surface area (Å²) in [5.41, 5.74) is 2.60. The molecule has 0 spiro atoms. The van der Waals surface area contributed by atoms with Crippen molar-refractivity contribution in [2.24, 2.45) is 0 Å². The molecule has 2 fully saturated rings. The van der Waals surface area contributed by atoms with Crippen LogP contribution in [0.25, 0.3) is 0 Å². The van der Waals surface area contributed by atoms with Gasteiger partial charge < -0.3 is 19.9 Å². The van der Waals surface area contributed by atoms with Gasteiger partial charge in [-0.25, -0.2) is 9.18 Å². The van der Waals surface area contributed by atoms with Gasteiger partial charge in [-0.15, -0.1) is 0 Å². The fraction of sp³-hybridized carbons (Fsp3) is 0.448. The number of benzene rings is 1. The van der Waals surface area contributed by atoms with E-state index < -0.39 is 23.8 Å². The number of nitrogens with zero attached hydrogens (tertiary/aromatic N) is 4. The zero-order chi connectivity index (χ0) is 29.2. The fourth-order valence-corrected chi connectivity index (χ4v) is 4.39. The molecular weight excluding hydrogens is 515 g/mol. The maximum absolute atomic E-state index is 13.6. The number of halogens is 1. The van der Waals surface area contributed by atoms with Gasteiger partial charge in [0.2, 0.25) is 0 Å². The highest BCUT2D eigenvalue weighted by molar-refractivity contribution is 6.05. The summed E-state index contributed by atoms with van der Waals surface area (Å²) in [4.78, 5) is 44.7. The zero-order valence-corrected chi connectivity index (χ0v) is 23.7. The second-order valence-corrected chi connectivity index (χ2v) is 9.19. The summed E-state index contributed by atoms with van der Waals surface area (Å²) in [6.45, 7) is 12.9. The van der Waals surface area contributed by atoms with E-state index in [4.69, 9.17) is 4.74 Å². The molecule has 0 aliphatic carbocycles. The Labute approximate surface area is 234 Å². The Morgan fingerprint density at radius 1 is 1.07 bits per heavy atom. The Hall–Kier alpha value is -4.01. The summed E-state index contributed by atoms with van der Waals surface area (Å²) in [5.74, 6) is 4.48. The van der Waals surface area contributed by atoms with Gasteiger partial charge in [-0.3, -0.25) is 24.8 Å². The predicted molar refractivity (Wildman–Crippen MR) is 149 cm³/mol. The molecule has 2 saturated heterocycles. The quantitative estimate of drug-likeness (QED) is 0.443. The van der Waals surface area contributed by atoms with Gasteiger partial charge in [-0.1, -0.05) is 38.7 Å². The van der Waals surface area contributed by atoms with Crippen molar-refractivity contribution in [1.29, 1.82) is 0 Å². The Kier molecular flexibility index (Phi) is 11.0. The molecule has 0 bridgehead atoms. The van der Waals surface area contributed by atoms with Crippen LogP contribution in [0.3, 0.4) is 0 Å². The lowest BCUT2D eigenvalue weighted by molar-refractivity contribution is -0.119. The summed E-state index contributed by atoms with van der Waals surface area (Å²) in [7, 11) is 3.03. The van der Waals surface area contributed by atoms with E-state index in [2.05, 4.69) is 44.2 Å². The Morgan fingerprint density at radius 2 is 1.77 bits per heavy atom. The van der Waals surface area contributed by atoms with Crippen LogP contribution in [0.2, 0.25) is 0 Å². The number of fused-ring (bicyclic) bond motifs is 1. The molecular formula is C29H37FN6O4. The van der Waals surface area contributed by atoms with Crippen LogP contribution >= 0.6 is 0 Å². The number of aromatic nitrogens is 1. The highest BCUT2D eigenvalue weighted by atomic mass is 19.1. The van der Waals surface area contributed by atoms with E-state index in [1.165, 1.54) is 12.0 Å². The van der Waals surface area contributed by atoms with Gasteiger partial charge >= 0.3 is 6.03 Å². The second-order valence-electron chi connectivity index (χ2n) is 9.19. The van der Waals surface area contributed by atoms with Crippen molar-refractivity contribution in [2.75, 3.05) is 46.9 Å². The lowest BCUT2D eigenvalue weighted by atomic mass is 10.1. The first-order chi connectivity index (χ1) is 19.3. The molecule has 5 rings (SSSR count). The molecule has 4 amide bonds. The van der Waals surface area contributed by atoms with Gasteiger partial charge in [-0.05, 0) is 30.3 Å². The zero-order valence-electron chi connectivity index (χ0n) is 23.7. The van der Waals surface area contributed by atoms with Crippen molar-refractivity contribution in [3.8, 4) is 17.6 Å². The standard InChI is InChI=1S/C17H21N5O2.C10H10FNO2.C2H6/c1-2-21-7-9-22(10-8-21)12-14-5-3-13(11-18-14)4-6-15-16(23)20-17(24)19-15;1-12-5-6-3-4-7(14-2)9(11)8(6)10(12)13;1-2/h3,5,11,15H,2,7-10,12H2,1H3,(H2,19,20,23,24);3-4H,5H2,1-2H3;1-2H3. The van der Waals surface area contributed by atoms with Crippen LogP contribution in [0.5, 0.6) is 5.75 Å². The number of urea groups is 1. The summed E-state index contributed by atoms with van der Waals surface area (Å²) < 4.78 is 18.4. The number of hydrogen-bond donors (Lipinski definition) is 2. The molecule has 1 aromatic carbocycles. The topological polar surface area (TPSA) is 107 Å². The number of carbonyl (C=O) groups is 3. The lowest BCUT2D eigenvalue weighted by Gasteiger charge is -2.33. The molecule has 4 heterocycles. The van der Waals surface area contributed by atoms with Crippen LogP contribution in [0.4, 0.5) is 9.18 Å². The molecule has 40 heavy (non-hydrogen) atoms. The average Bonchev–Trinajstić information content (AvgIpc) is 3.46. The molecule has 2 aromatic rings. The third-order valence-electron chi connectivity index (χ3n) is 6.64. The third-order valence-corrected chi connectivity index (χ3v) is 6.64. The largest absolute Gasteiger partial charge is 0.494 e. The number of imide groups is 1. The van der Waals surface area contributed by atoms with Crippen molar-refractivity contribution >= 4 is 17.8 Å². The molecule has 214 valence electrons. The van der Waals surface area contributed by atoms with Crippen molar-refractivity contribution in [2.45, 2.75) is 39.9 Å². The number of piperazine rings is 1. The number of likely N-dealkylation sites (N-methyl/N-ethyl adjacent to an activating group) is 1. The Morgan fingerprint density at radius 3 is 2.35 bits per heavy atom.